The van der Waals surface area contributed by atoms with Crippen LogP contribution in [0, 0.1) is 10.1 Å². The molecule has 10 nitrogen and oxygen atoms in total. The van der Waals surface area contributed by atoms with Crippen LogP contribution in [0.25, 0.3) is 11.3 Å². The van der Waals surface area contributed by atoms with Gasteiger partial charge in [-0.25, -0.2) is 4.68 Å². The van der Waals surface area contributed by atoms with Gasteiger partial charge in [-0.3, -0.25) is 25.0 Å². The van der Waals surface area contributed by atoms with Gasteiger partial charge >= 0.3 is 0 Å². The predicted octanol–water partition coefficient (Wildman–Crippen LogP) is 1.87. The van der Waals surface area contributed by atoms with Crippen molar-refractivity contribution in [2.75, 3.05) is 5.32 Å². The molecule has 0 spiro atoms. The van der Waals surface area contributed by atoms with Crippen molar-refractivity contribution in [2.24, 2.45) is 0 Å². The SMILES string of the molecule is CCc1nnc(NC(=O)Cn2nc(-c3ccc([N+](=O)[O-])cc3)ccc2=O)s1. The highest BCUT2D eigenvalue weighted by atomic mass is 32.1. The van der Waals surface area contributed by atoms with Gasteiger partial charge in [-0.1, -0.05) is 18.3 Å². The third-order valence-corrected chi connectivity index (χ3v) is 4.53. The first-order valence-electron chi connectivity index (χ1n) is 7.91. The minimum Gasteiger partial charge on any atom is -0.299 e. The van der Waals surface area contributed by atoms with Crippen LogP contribution < -0.4 is 10.9 Å². The van der Waals surface area contributed by atoms with Crippen molar-refractivity contribution < 1.29 is 9.72 Å². The van der Waals surface area contributed by atoms with E-state index in [1.807, 2.05) is 6.92 Å². The number of non-ortho nitro benzene ring substituents is 1. The number of amides is 1. The number of nitro benzene ring substituents is 1. The minimum atomic E-state index is -0.500. The van der Waals surface area contributed by atoms with E-state index in [0.29, 0.717) is 22.8 Å². The molecule has 138 valence electrons. The van der Waals surface area contributed by atoms with E-state index >= 15 is 0 Å². The number of carbonyl (C=O) groups excluding carboxylic acids is 1. The van der Waals surface area contributed by atoms with Crippen LogP contribution in [-0.4, -0.2) is 30.8 Å². The molecule has 0 fully saturated rings. The van der Waals surface area contributed by atoms with Gasteiger partial charge in [-0.15, -0.1) is 10.2 Å². The number of nitrogens with one attached hydrogen (secondary N) is 1. The highest BCUT2D eigenvalue weighted by Crippen LogP contribution is 2.20. The largest absolute Gasteiger partial charge is 0.299 e. The molecule has 0 aliphatic carbocycles. The molecule has 2 aromatic heterocycles. The number of aryl methyl sites for hydroxylation is 1. The van der Waals surface area contributed by atoms with Crippen LogP contribution in [0.3, 0.4) is 0 Å². The van der Waals surface area contributed by atoms with E-state index in [0.717, 1.165) is 9.69 Å². The molecular weight excluding hydrogens is 372 g/mol. The molecule has 0 radical (unpaired) electrons. The first-order valence-corrected chi connectivity index (χ1v) is 8.73. The zero-order valence-corrected chi connectivity index (χ0v) is 15.0. The highest BCUT2D eigenvalue weighted by Gasteiger charge is 2.12. The molecule has 1 N–H and O–H groups in total. The van der Waals surface area contributed by atoms with Crippen LogP contribution in [0.2, 0.25) is 0 Å². The van der Waals surface area contributed by atoms with E-state index in [4.69, 9.17) is 0 Å². The van der Waals surface area contributed by atoms with Crippen LogP contribution in [-0.2, 0) is 17.8 Å². The van der Waals surface area contributed by atoms with Crippen molar-refractivity contribution in [2.45, 2.75) is 19.9 Å². The maximum absolute atomic E-state index is 12.2. The lowest BCUT2D eigenvalue weighted by Gasteiger charge is -2.07. The van der Waals surface area contributed by atoms with Crippen LogP contribution >= 0.6 is 11.3 Å². The Kier molecular flexibility index (Phi) is 5.31. The molecule has 0 atom stereocenters. The second kappa shape index (κ2) is 7.83. The molecule has 27 heavy (non-hydrogen) atoms. The molecule has 0 saturated carbocycles. The molecule has 3 rings (SSSR count). The number of nitrogens with zero attached hydrogens (tertiary/aromatic N) is 5. The van der Waals surface area contributed by atoms with Gasteiger partial charge in [-0.2, -0.15) is 5.10 Å². The van der Waals surface area contributed by atoms with E-state index in [9.17, 15) is 19.7 Å². The number of nitro groups is 1. The monoisotopic (exact) mass is 386 g/mol. The number of rotatable bonds is 6. The Hall–Kier alpha value is -3.47. The van der Waals surface area contributed by atoms with Crippen molar-refractivity contribution in [3.63, 3.8) is 0 Å². The average molecular weight is 386 g/mol. The van der Waals surface area contributed by atoms with Crippen molar-refractivity contribution in [3.05, 3.63) is 61.9 Å². The van der Waals surface area contributed by atoms with Gasteiger partial charge in [0.25, 0.3) is 11.2 Å². The van der Waals surface area contributed by atoms with Crippen molar-refractivity contribution >= 4 is 28.1 Å². The molecule has 0 bridgehead atoms. The average Bonchev–Trinajstić information content (AvgIpc) is 3.11. The number of hydrogen-bond donors (Lipinski definition) is 1. The van der Waals surface area contributed by atoms with Gasteiger partial charge in [0.05, 0.1) is 10.6 Å². The Bertz CT molecular complexity index is 1040. The van der Waals surface area contributed by atoms with E-state index < -0.39 is 16.4 Å². The molecule has 0 unspecified atom stereocenters. The second-order valence-corrected chi connectivity index (χ2v) is 6.48. The summed E-state index contributed by atoms with van der Waals surface area (Å²) in [5, 5.41) is 26.4. The summed E-state index contributed by atoms with van der Waals surface area (Å²) >= 11 is 1.26. The van der Waals surface area contributed by atoms with Gasteiger partial charge in [0, 0.05) is 23.8 Å². The fraction of sp³-hybridized carbons (Fsp3) is 0.188. The van der Waals surface area contributed by atoms with Gasteiger partial charge in [0.2, 0.25) is 11.0 Å². The Balaban J connectivity index is 1.77. The summed E-state index contributed by atoms with van der Waals surface area (Å²) in [4.78, 5) is 34.4. The first kappa shape index (κ1) is 18.3. The lowest BCUT2D eigenvalue weighted by atomic mass is 10.1. The Morgan fingerprint density at radius 1 is 1.22 bits per heavy atom. The molecule has 0 aliphatic heterocycles. The molecule has 11 heteroatoms. The molecule has 1 aromatic carbocycles. The summed E-state index contributed by atoms with van der Waals surface area (Å²) in [5.74, 6) is -0.454. The summed E-state index contributed by atoms with van der Waals surface area (Å²) in [7, 11) is 0. The predicted molar refractivity (Wildman–Crippen MR) is 98.5 cm³/mol. The fourth-order valence-electron chi connectivity index (χ4n) is 2.21. The van der Waals surface area contributed by atoms with Gasteiger partial charge < -0.3 is 0 Å². The summed E-state index contributed by atoms with van der Waals surface area (Å²) in [6, 6.07) is 8.54. The van der Waals surface area contributed by atoms with Crippen molar-refractivity contribution in [1.29, 1.82) is 0 Å². The molecular formula is C16H14N6O4S. The summed E-state index contributed by atoms with van der Waals surface area (Å²) in [6.07, 6.45) is 0.714. The molecule has 0 aliphatic rings. The Labute approximate surface area is 156 Å². The quantitative estimate of drug-likeness (QED) is 0.505. The van der Waals surface area contributed by atoms with Crippen molar-refractivity contribution in [1.82, 2.24) is 20.0 Å². The molecule has 1 amide bonds. The summed E-state index contributed by atoms with van der Waals surface area (Å²) in [5.41, 5.74) is 0.519. The third kappa shape index (κ3) is 4.39. The van der Waals surface area contributed by atoms with Crippen LogP contribution in [0.15, 0.2) is 41.2 Å². The topological polar surface area (TPSA) is 133 Å². The van der Waals surface area contributed by atoms with Crippen LogP contribution in [0.5, 0.6) is 0 Å². The van der Waals surface area contributed by atoms with E-state index in [1.165, 1.54) is 47.7 Å². The van der Waals surface area contributed by atoms with E-state index in [2.05, 4.69) is 20.6 Å². The highest BCUT2D eigenvalue weighted by molar-refractivity contribution is 7.15. The number of hydrogen-bond acceptors (Lipinski definition) is 8. The number of anilines is 1. The number of aromatic nitrogens is 4. The van der Waals surface area contributed by atoms with Crippen LogP contribution in [0.1, 0.15) is 11.9 Å². The van der Waals surface area contributed by atoms with Gasteiger partial charge in [0.1, 0.15) is 11.6 Å². The van der Waals surface area contributed by atoms with Crippen molar-refractivity contribution in [3.8, 4) is 11.3 Å². The standard InChI is InChI=1S/C16H14N6O4S/c1-2-14-18-19-16(27-14)17-13(23)9-21-15(24)8-7-12(20-21)10-3-5-11(6-4-10)22(25)26/h3-8H,2,9H2,1H3,(H,17,19,23). The Morgan fingerprint density at radius 3 is 2.59 bits per heavy atom. The molecule has 2 heterocycles. The lowest BCUT2D eigenvalue weighted by Crippen LogP contribution is -2.29. The zero-order valence-electron chi connectivity index (χ0n) is 14.2. The smallest absolute Gasteiger partial charge is 0.269 e. The van der Waals surface area contributed by atoms with Crippen LogP contribution in [0.4, 0.5) is 10.8 Å². The number of benzene rings is 1. The Morgan fingerprint density at radius 2 is 1.96 bits per heavy atom. The first-order chi connectivity index (χ1) is 13.0. The fourth-order valence-corrected chi connectivity index (χ4v) is 2.91. The number of carbonyl (C=O) groups is 1. The van der Waals surface area contributed by atoms with E-state index in [-0.39, 0.29) is 12.2 Å². The third-order valence-electron chi connectivity index (χ3n) is 3.55. The normalized spacial score (nSPS) is 10.6. The molecule has 3 aromatic rings. The van der Waals surface area contributed by atoms with Gasteiger partial charge in [-0.05, 0) is 24.6 Å². The molecule has 0 saturated heterocycles. The summed E-state index contributed by atoms with van der Waals surface area (Å²) < 4.78 is 1.02. The second-order valence-electron chi connectivity index (χ2n) is 5.42. The lowest BCUT2D eigenvalue weighted by molar-refractivity contribution is -0.384. The maximum Gasteiger partial charge on any atom is 0.269 e. The maximum atomic E-state index is 12.2. The zero-order chi connectivity index (χ0) is 19.4. The summed E-state index contributed by atoms with van der Waals surface area (Å²) in [6.45, 7) is 1.64. The minimum absolute atomic E-state index is 0.0463. The van der Waals surface area contributed by atoms with Gasteiger partial charge in [0.15, 0.2) is 0 Å². The van der Waals surface area contributed by atoms with E-state index in [1.54, 1.807) is 0 Å².